The lowest BCUT2D eigenvalue weighted by molar-refractivity contribution is 0.541. The first-order valence-electron chi connectivity index (χ1n) is 5.37. The number of nitrogens with zero attached hydrogens (tertiary/aromatic N) is 3. The molecule has 0 N–H and O–H groups in total. The minimum absolute atomic E-state index is 0.106. The van der Waals surface area contributed by atoms with Crippen LogP contribution in [0, 0.1) is 6.92 Å². The van der Waals surface area contributed by atoms with E-state index in [0.29, 0.717) is 0 Å². The van der Waals surface area contributed by atoms with Crippen molar-refractivity contribution in [3.05, 3.63) is 11.4 Å². The fourth-order valence-electron chi connectivity index (χ4n) is 1.57. The summed E-state index contributed by atoms with van der Waals surface area (Å²) < 4.78 is 2.02. The van der Waals surface area contributed by atoms with E-state index in [9.17, 15) is 0 Å². The SMILES string of the molecule is CCCCn1nnc(C(C)(C)C)c1C. The van der Waals surface area contributed by atoms with E-state index in [1.54, 1.807) is 0 Å². The van der Waals surface area contributed by atoms with Crippen LogP contribution < -0.4 is 0 Å². The van der Waals surface area contributed by atoms with Crippen LogP contribution in [0.4, 0.5) is 0 Å². The van der Waals surface area contributed by atoms with Gasteiger partial charge in [-0.1, -0.05) is 39.3 Å². The van der Waals surface area contributed by atoms with Crippen molar-refractivity contribution in [3.8, 4) is 0 Å². The molecule has 0 saturated carbocycles. The highest BCUT2D eigenvalue weighted by molar-refractivity contribution is 5.16. The van der Waals surface area contributed by atoms with Gasteiger partial charge < -0.3 is 0 Å². The fourth-order valence-corrected chi connectivity index (χ4v) is 1.57. The Kier molecular flexibility index (Phi) is 3.29. The van der Waals surface area contributed by atoms with E-state index >= 15 is 0 Å². The van der Waals surface area contributed by atoms with Crippen molar-refractivity contribution in [2.45, 2.75) is 59.4 Å². The zero-order chi connectivity index (χ0) is 10.8. The summed E-state index contributed by atoms with van der Waals surface area (Å²) in [6, 6.07) is 0. The molecule has 1 aromatic heterocycles. The van der Waals surface area contributed by atoms with E-state index in [1.165, 1.54) is 18.5 Å². The Balaban J connectivity index is 2.86. The monoisotopic (exact) mass is 195 g/mol. The lowest BCUT2D eigenvalue weighted by Gasteiger charge is -2.15. The van der Waals surface area contributed by atoms with Crippen LogP contribution >= 0.6 is 0 Å². The van der Waals surface area contributed by atoms with E-state index in [0.717, 1.165) is 12.2 Å². The van der Waals surface area contributed by atoms with Gasteiger partial charge in [-0.15, -0.1) is 5.10 Å². The molecule has 80 valence electrons. The molecule has 0 aliphatic heterocycles. The van der Waals surface area contributed by atoms with E-state index < -0.39 is 0 Å². The van der Waals surface area contributed by atoms with Gasteiger partial charge in [-0.25, -0.2) is 4.68 Å². The molecule has 14 heavy (non-hydrogen) atoms. The molecule has 1 aromatic rings. The van der Waals surface area contributed by atoms with Gasteiger partial charge in [0.2, 0.25) is 0 Å². The fraction of sp³-hybridized carbons (Fsp3) is 0.818. The van der Waals surface area contributed by atoms with Gasteiger partial charge in [0.05, 0.1) is 11.4 Å². The van der Waals surface area contributed by atoms with Gasteiger partial charge in [-0.05, 0) is 13.3 Å². The second-order valence-electron chi connectivity index (χ2n) is 4.85. The van der Waals surface area contributed by atoms with Gasteiger partial charge in [-0.2, -0.15) is 0 Å². The maximum atomic E-state index is 4.25. The summed E-state index contributed by atoms with van der Waals surface area (Å²) in [6.07, 6.45) is 2.37. The van der Waals surface area contributed by atoms with Crippen molar-refractivity contribution in [1.82, 2.24) is 15.0 Å². The zero-order valence-electron chi connectivity index (χ0n) is 9.96. The van der Waals surface area contributed by atoms with Crippen LogP contribution in [0.1, 0.15) is 51.9 Å². The minimum atomic E-state index is 0.106. The van der Waals surface area contributed by atoms with Crippen LogP contribution in [-0.2, 0) is 12.0 Å². The molecule has 0 spiro atoms. The van der Waals surface area contributed by atoms with Gasteiger partial charge >= 0.3 is 0 Å². The molecule has 0 radical (unpaired) electrons. The quantitative estimate of drug-likeness (QED) is 0.742. The van der Waals surface area contributed by atoms with Gasteiger partial charge in [0.15, 0.2) is 0 Å². The number of hydrogen-bond donors (Lipinski definition) is 0. The predicted octanol–water partition coefficient (Wildman–Crippen LogP) is 2.68. The summed E-state index contributed by atoms with van der Waals surface area (Å²) in [5, 5.41) is 8.44. The summed E-state index contributed by atoms with van der Waals surface area (Å²) in [4.78, 5) is 0. The normalized spacial score (nSPS) is 12.1. The highest BCUT2D eigenvalue weighted by Crippen LogP contribution is 2.22. The third kappa shape index (κ3) is 2.34. The average molecular weight is 195 g/mol. The van der Waals surface area contributed by atoms with Gasteiger partial charge in [0.25, 0.3) is 0 Å². The molecule has 1 heterocycles. The van der Waals surface area contributed by atoms with Crippen LogP contribution in [0.3, 0.4) is 0 Å². The lowest BCUT2D eigenvalue weighted by Crippen LogP contribution is -2.14. The second-order valence-corrected chi connectivity index (χ2v) is 4.85. The highest BCUT2D eigenvalue weighted by atomic mass is 15.4. The summed E-state index contributed by atoms with van der Waals surface area (Å²) >= 11 is 0. The smallest absolute Gasteiger partial charge is 0.0909 e. The number of unbranched alkanes of at least 4 members (excludes halogenated alkanes) is 1. The lowest BCUT2D eigenvalue weighted by atomic mass is 9.91. The van der Waals surface area contributed by atoms with Crippen molar-refractivity contribution in [3.63, 3.8) is 0 Å². The van der Waals surface area contributed by atoms with E-state index in [2.05, 4.69) is 44.9 Å². The number of hydrogen-bond acceptors (Lipinski definition) is 2. The first-order chi connectivity index (χ1) is 6.46. The Morgan fingerprint density at radius 3 is 2.36 bits per heavy atom. The van der Waals surface area contributed by atoms with Crippen LogP contribution in [0.15, 0.2) is 0 Å². The Morgan fingerprint density at radius 2 is 1.93 bits per heavy atom. The van der Waals surface area contributed by atoms with E-state index in [-0.39, 0.29) is 5.41 Å². The molecule has 1 rings (SSSR count). The predicted molar refractivity (Wildman–Crippen MR) is 58.4 cm³/mol. The molecule has 0 atom stereocenters. The molecule has 0 bridgehead atoms. The highest BCUT2D eigenvalue weighted by Gasteiger charge is 2.21. The van der Waals surface area contributed by atoms with Crippen LogP contribution in [0.25, 0.3) is 0 Å². The van der Waals surface area contributed by atoms with Gasteiger partial charge in [0.1, 0.15) is 0 Å². The van der Waals surface area contributed by atoms with E-state index in [4.69, 9.17) is 0 Å². The minimum Gasteiger partial charge on any atom is -0.249 e. The molecule has 0 aromatic carbocycles. The molecule has 3 nitrogen and oxygen atoms in total. The van der Waals surface area contributed by atoms with Crippen molar-refractivity contribution in [2.75, 3.05) is 0 Å². The molecular weight excluding hydrogens is 174 g/mol. The first-order valence-corrected chi connectivity index (χ1v) is 5.37. The van der Waals surface area contributed by atoms with Crippen LogP contribution in [-0.4, -0.2) is 15.0 Å². The number of aryl methyl sites for hydroxylation is 1. The van der Waals surface area contributed by atoms with E-state index in [1.807, 2.05) is 4.68 Å². The summed E-state index contributed by atoms with van der Waals surface area (Å²) in [5.74, 6) is 0. The number of aromatic nitrogens is 3. The first kappa shape index (κ1) is 11.2. The summed E-state index contributed by atoms with van der Waals surface area (Å²) in [7, 11) is 0. The zero-order valence-corrected chi connectivity index (χ0v) is 9.96. The standard InChI is InChI=1S/C11H21N3/c1-6-7-8-14-9(2)10(12-13-14)11(3,4)5/h6-8H2,1-5H3. The topological polar surface area (TPSA) is 30.7 Å². The maximum Gasteiger partial charge on any atom is 0.0909 e. The largest absolute Gasteiger partial charge is 0.249 e. The third-order valence-corrected chi connectivity index (χ3v) is 2.42. The Morgan fingerprint density at radius 1 is 1.29 bits per heavy atom. The average Bonchev–Trinajstić information content (AvgIpc) is 2.42. The third-order valence-electron chi connectivity index (χ3n) is 2.42. The molecule has 0 saturated heterocycles. The summed E-state index contributed by atoms with van der Waals surface area (Å²) in [6.45, 7) is 11.8. The van der Waals surface area contributed by atoms with Crippen molar-refractivity contribution in [2.24, 2.45) is 0 Å². The Labute approximate surface area is 86.5 Å². The molecule has 0 amide bonds. The molecular formula is C11H21N3. The van der Waals surface area contributed by atoms with Gasteiger partial charge in [0, 0.05) is 12.0 Å². The summed E-state index contributed by atoms with van der Waals surface area (Å²) in [5.41, 5.74) is 2.44. The van der Waals surface area contributed by atoms with Crippen molar-refractivity contribution < 1.29 is 0 Å². The molecule has 3 heteroatoms. The maximum absolute atomic E-state index is 4.25. The molecule has 0 fully saturated rings. The molecule has 0 aliphatic rings. The van der Waals surface area contributed by atoms with Crippen molar-refractivity contribution >= 4 is 0 Å². The molecule has 0 aliphatic carbocycles. The Hall–Kier alpha value is -0.860. The van der Waals surface area contributed by atoms with Crippen LogP contribution in [0.5, 0.6) is 0 Å². The van der Waals surface area contributed by atoms with Crippen molar-refractivity contribution in [1.29, 1.82) is 0 Å². The Bertz CT molecular complexity index is 294. The number of rotatable bonds is 3. The molecule has 0 unspecified atom stereocenters. The second kappa shape index (κ2) is 4.11. The van der Waals surface area contributed by atoms with Gasteiger partial charge in [-0.3, -0.25) is 0 Å². The van der Waals surface area contributed by atoms with Crippen LogP contribution in [0.2, 0.25) is 0 Å².